The van der Waals surface area contributed by atoms with E-state index in [-0.39, 0.29) is 5.97 Å². The highest BCUT2D eigenvalue weighted by atomic mass is 16.5. The SMILES string of the molecule is COC(=O)/C(=C/CCc1ccccc1)C1CCCCC1. The zero-order valence-corrected chi connectivity index (χ0v) is 12.3. The van der Waals surface area contributed by atoms with Crippen LogP contribution in [0.5, 0.6) is 0 Å². The van der Waals surface area contributed by atoms with Crippen LogP contribution < -0.4 is 0 Å². The minimum absolute atomic E-state index is 0.134. The molecular formula is C18H24O2. The van der Waals surface area contributed by atoms with E-state index in [1.54, 1.807) is 0 Å². The Kier molecular flexibility index (Phi) is 5.85. The molecule has 20 heavy (non-hydrogen) atoms. The molecule has 0 radical (unpaired) electrons. The van der Waals surface area contributed by atoms with Crippen LogP contribution in [0.1, 0.15) is 44.1 Å². The molecule has 1 aliphatic carbocycles. The minimum Gasteiger partial charge on any atom is -0.466 e. The number of aryl methyl sites for hydroxylation is 1. The molecule has 0 spiro atoms. The summed E-state index contributed by atoms with van der Waals surface area (Å²) in [4.78, 5) is 12.0. The summed E-state index contributed by atoms with van der Waals surface area (Å²) in [6.07, 6.45) is 10.0. The van der Waals surface area contributed by atoms with Gasteiger partial charge in [-0.05, 0) is 37.2 Å². The lowest BCUT2D eigenvalue weighted by Crippen LogP contribution is -2.17. The van der Waals surface area contributed by atoms with Crippen molar-refractivity contribution in [2.24, 2.45) is 5.92 Å². The average molecular weight is 272 g/mol. The van der Waals surface area contributed by atoms with Gasteiger partial charge in [-0.3, -0.25) is 0 Å². The third-order valence-corrected chi connectivity index (χ3v) is 4.11. The molecule has 1 fully saturated rings. The standard InChI is InChI=1S/C18H24O2/c1-20-18(19)17(16-12-6-3-7-13-16)14-8-11-15-9-4-2-5-10-15/h2,4-5,9-10,14,16H,3,6-8,11-13H2,1H3/b17-14+. The Bertz CT molecular complexity index is 442. The molecular weight excluding hydrogens is 248 g/mol. The van der Waals surface area contributed by atoms with Crippen LogP contribution in [0, 0.1) is 5.92 Å². The zero-order valence-electron chi connectivity index (χ0n) is 12.3. The molecule has 2 heteroatoms. The molecule has 0 unspecified atom stereocenters. The Morgan fingerprint density at radius 3 is 2.55 bits per heavy atom. The quantitative estimate of drug-likeness (QED) is 0.590. The molecule has 0 amide bonds. The van der Waals surface area contributed by atoms with E-state index in [9.17, 15) is 4.79 Å². The molecule has 0 aromatic heterocycles. The number of methoxy groups -OCH3 is 1. The van der Waals surface area contributed by atoms with E-state index >= 15 is 0 Å². The van der Waals surface area contributed by atoms with Crippen LogP contribution in [-0.4, -0.2) is 13.1 Å². The lowest BCUT2D eigenvalue weighted by molar-refractivity contribution is -0.136. The first-order valence-corrected chi connectivity index (χ1v) is 7.63. The van der Waals surface area contributed by atoms with Crippen LogP contribution in [0.4, 0.5) is 0 Å². The molecule has 0 aliphatic heterocycles. The van der Waals surface area contributed by atoms with Gasteiger partial charge in [-0.25, -0.2) is 4.79 Å². The van der Waals surface area contributed by atoms with E-state index < -0.39 is 0 Å². The van der Waals surface area contributed by atoms with Crippen molar-refractivity contribution in [3.63, 3.8) is 0 Å². The van der Waals surface area contributed by atoms with E-state index in [4.69, 9.17) is 4.74 Å². The van der Waals surface area contributed by atoms with Gasteiger partial charge in [0.05, 0.1) is 7.11 Å². The van der Waals surface area contributed by atoms with Gasteiger partial charge in [-0.15, -0.1) is 0 Å². The monoisotopic (exact) mass is 272 g/mol. The lowest BCUT2D eigenvalue weighted by atomic mass is 9.83. The maximum absolute atomic E-state index is 12.0. The largest absolute Gasteiger partial charge is 0.466 e. The Balaban J connectivity index is 1.98. The van der Waals surface area contributed by atoms with Gasteiger partial charge >= 0.3 is 5.97 Å². The number of hydrogen-bond donors (Lipinski definition) is 0. The molecule has 0 atom stereocenters. The van der Waals surface area contributed by atoms with E-state index in [1.807, 2.05) is 6.07 Å². The van der Waals surface area contributed by atoms with Crippen molar-refractivity contribution < 1.29 is 9.53 Å². The summed E-state index contributed by atoms with van der Waals surface area (Å²) >= 11 is 0. The molecule has 1 aromatic carbocycles. The highest BCUT2D eigenvalue weighted by Gasteiger charge is 2.23. The number of carbonyl (C=O) groups is 1. The Hall–Kier alpha value is -1.57. The predicted molar refractivity (Wildman–Crippen MR) is 81.4 cm³/mol. The Labute approximate surface area is 121 Å². The molecule has 0 saturated heterocycles. The van der Waals surface area contributed by atoms with Gasteiger partial charge in [0.15, 0.2) is 0 Å². The summed E-state index contributed by atoms with van der Waals surface area (Å²) in [5.74, 6) is 0.275. The second-order valence-electron chi connectivity index (χ2n) is 5.51. The fourth-order valence-electron chi connectivity index (χ4n) is 2.99. The molecule has 0 N–H and O–H groups in total. The van der Waals surface area contributed by atoms with Gasteiger partial charge in [-0.2, -0.15) is 0 Å². The smallest absolute Gasteiger partial charge is 0.333 e. The average Bonchev–Trinajstić information content (AvgIpc) is 2.53. The first-order chi connectivity index (χ1) is 9.81. The normalized spacial score (nSPS) is 16.9. The topological polar surface area (TPSA) is 26.3 Å². The third kappa shape index (κ3) is 4.22. The Morgan fingerprint density at radius 1 is 1.20 bits per heavy atom. The third-order valence-electron chi connectivity index (χ3n) is 4.11. The first-order valence-electron chi connectivity index (χ1n) is 7.63. The lowest BCUT2D eigenvalue weighted by Gasteiger charge is -2.23. The van der Waals surface area contributed by atoms with Crippen LogP contribution >= 0.6 is 0 Å². The number of esters is 1. The molecule has 2 nitrogen and oxygen atoms in total. The summed E-state index contributed by atoms with van der Waals surface area (Å²) in [5.41, 5.74) is 2.22. The van der Waals surface area contributed by atoms with Crippen LogP contribution in [-0.2, 0) is 16.0 Å². The van der Waals surface area contributed by atoms with Crippen LogP contribution in [0.2, 0.25) is 0 Å². The summed E-state index contributed by atoms with van der Waals surface area (Å²) in [6, 6.07) is 10.4. The second kappa shape index (κ2) is 7.88. The number of ether oxygens (including phenoxy) is 1. The predicted octanol–water partition coefficient (Wildman–Crippen LogP) is 4.30. The highest BCUT2D eigenvalue weighted by Crippen LogP contribution is 2.30. The van der Waals surface area contributed by atoms with Gasteiger partial charge < -0.3 is 4.74 Å². The van der Waals surface area contributed by atoms with Crippen molar-refractivity contribution in [3.8, 4) is 0 Å². The molecule has 1 aromatic rings. The zero-order chi connectivity index (χ0) is 14.2. The fourth-order valence-corrected chi connectivity index (χ4v) is 2.99. The molecule has 0 heterocycles. The van der Waals surface area contributed by atoms with E-state index in [2.05, 4.69) is 30.3 Å². The van der Waals surface area contributed by atoms with Crippen molar-refractivity contribution in [2.45, 2.75) is 44.9 Å². The molecule has 0 bridgehead atoms. The van der Waals surface area contributed by atoms with Crippen molar-refractivity contribution >= 4 is 5.97 Å². The van der Waals surface area contributed by atoms with Crippen molar-refractivity contribution in [2.75, 3.05) is 7.11 Å². The second-order valence-corrected chi connectivity index (χ2v) is 5.51. The molecule has 1 saturated carbocycles. The van der Waals surface area contributed by atoms with Gasteiger partial charge in [0.2, 0.25) is 0 Å². The highest BCUT2D eigenvalue weighted by molar-refractivity contribution is 5.88. The fraction of sp³-hybridized carbons (Fsp3) is 0.500. The molecule has 1 aliphatic rings. The van der Waals surface area contributed by atoms with Gasteiger partial charge in [0.1, 0.15) is 0 Å². The van der Waals surface area contributed by atoms with Crippen molar-refractivity contribution in [1.29, 1.82) is 0 Å². The maximum Gasteiger partial charge on any atom is 0.333 e. The van der Waals surface area contributed by atoms with Gasteiger partial charge in [-0.1, -0.05) is 55.7 Å². The molecule has 2 rings (SSSR count). The van der Waals surface area contributed by atoms with Gasteiger partial charge in [0, 0.05) is 5.57 Å². The van der Waals surface area contributed by atoms with Gasteiger partial charge in [0.25, 0.3) is 0 Å². The first kappa shape index (κ1) is 14.8. The number of hydrogen-bond acceptors (Lipinski definition) is 2. The van der Waals surface area contributed by atoms with E-state index in [0.717, 1.165) is 31.3 Å². The number of benzene rings is 1. The van der Waals surface area contributed by atoms with E-state index in [1.165, 1.54) is 31.9 Å². The van der Waals surface area contributed by atoms with Crippen LogP contribution in [0.3, 0.4) is 0 Å². The van der Waals surface area contributed by atoms with E-state index in [0.29, 0.717) is 5.92 Å². The van der Waals surface area contributed by atoms with Crippen LogP contribution in [0.15, 0.2) is 42.0 Å². The van der Waals surface area contributed by atoms with Crippen molar-refractivity contribution in [3.05, 3.63) is 47.5 Å². The number of rotatable bonds is 5. The minimum atomic E-state index is -0.134. The Morgan fingerprint density at radius 2 is 1.90 bits per heavy atom. The van der Waals surface area contributed by atoms with Crippen molar-refractivity contribution in [1.82, 2.24) is 0 Å². The summed E-state index contributed by atoms with van der Waals surface area (Å²) in [5, 5.41) is 0. The maximum atomic E-state index is 12.0. The van der Waals surface area contributed by atoms with Crippen LogP contribution in [0.25, 0.3) is 0 Å². The summed E-state index contributed by atoms with van der Waals surface area (Å²) < 4.78 is 4.96. The number of carbonyl (C=O) groups excluding carboxylic acids is 1. The summed E-state index contributed by atoms with van der Waals surface area (Å²) in [6.45, 7) is 0. The molecule has 108 valence electrons. The number of allylic oxidation sites excluding steroid dienone is 1. The summed E-state index contributed by atoms with van der Waals surface area (Å²) in [7, 11) is 1.48.